The number of ether oxygens (including phenoxy) is 1. The van der Waals surface area contributed by atoms with Gasteiger partial charge in [-0.2, -0.15) is 10.1 Å². The van der Waals surface area contributed by atoms with Gasteiger partial charge in [-0.3, -0.25) is 0 Å². The molecule has 0 atom stereocenters. The van der Waals surface area contributed by atoms with Crippen LogP contribution in [0.3, 0.4) is 0 Å². The summed E-state index contributed by atoms with van der Waals surface area (Å²) in [5.41, 5.74) is 6.48. The second-order valence-corrected chi connectivity index (χ2v) is 10.3. The van der Waals surface area contributed by atoms with Crippen molar-refractivity contribution in [1.29, 1.82) is 0 Å². The molecule has 0 unspecified atom stereocenters. The lowest BCUT2D eigenvalue weighted by Gasteiger charge is -2.29. The predicted octanol–water partition coefficient (Wildman–Crippen LogP) is 4.77. The Labute approximate surface area is 223 Å². The summed E-state index contributed by atoms with van der Waals surface area (Å²) >= 11 is 0. The molecule has 2 aromatic heterocycles. The number of nitrogens with one attached hydrogen (secondary N) is 3. The van der Waals surface area contributed by atoms with E-state index < -0.39 is 0 Å². The molecule has 198 valence electrons. The fourth-order valence-electron chi connectivity index (χ4n) is 5.35. The van der Waals surface area contributed by atoms with Crippen molar-refractivity contribution in [2.45, 2.75) is 33.2 Å². The largest absolute Gasteiger partial charge is 0.381 e. The van der Waals surface area contributed by atoms with E-state index in [4.69, 9.17) is 14.8 Å². The molecule has 3 N–H and O–H groups in total. The Morgan fingerprint density at radius 1 is 0.974 bits per heavy atom. The summed E-state index contributed by atoms with van der Waals surface area (Å²) < 4.78 is 7.63. The highest BCUT2D eigenvalue weighted by atomic mass is 16.5. The average molecular weight is 513 g/mol. The number of rotatable bonds is 7. The number of nitrogens with zero attached hydrogens (tertiary/aromatic N) is 5. The number of piperazine rings is 1. The highest BCUT2D eigenvalue weighted by molar-refractivity contribution is 5.90. The van der Waals surface area contributed by atoms with E-state index in [-0.39, 0.29) is 0 Å². The van der Waals surface area contributed by atoms with Gasteiger partial charge in [0.1, 0.15) is 0 Å². The van der Waals surface area contributed by atoms with Crippen LogP contribution in [-0.4, -0.2) is 59.1 Å². The van der Waals surface area contributed by atoms with Crippen LogP contribution in [0.25, 0.3) is 11.0 Å². The summed E-state index contributed by atoms with van der Waals surface area (Å²) in [5.74, 6) is 1.87. The van der Waals surface area contributed by atoms with E-state index in [1.807, 2.05) is 10.9 Å². The quantitative estimate of drug-likeness (QED) is 0.326. The average Bonchev–Trinajstić information content (AvgIpc) is 3.28. The molecule has 0 spiro atoms. The fourth-order valence-corrected chi connectivity index (χ4v) is 5.35. The molecule has 2 aliphatic rings. The van der Waals surface area contributed by atoms with E-state index in [1.165, 1.54) is 16.8 Å². The zero-order chi connectivity index (χ0) is 25.9. The lowest BCUT2D eigenvalue weighted by molar-refractivity contribution is 0.0605. The lowest BCUT2D eigenvalue weighted by Crippen LogP contribution is -2.43. The summed E-state index contributed by atoms with van der Waals surface area (Å²) in [6.45, 7) is 10.8. The summed E-state index contributed by atoms with van der Waals surface area (Å²) in [7, 11) is 0. The first kappa shape index (κ1) is 24.6. The monoisotopic (exact) mass is 512 g/mol. The van der Waals surface area contributed by atoms with Gasteiger partial charge < -0.3 is 25.6 Å². The van der Waals surface area contributed by atoms with Crippen molar-refractivity contribution in [3.8, 4) is 0 Å². The van der Waals surface area contributed by atoms with Gasteiger partial charge in [-0.05, 0) is 68.0 Å². The smallest absolute Gasteiger partial charge is 0.229 e. The molecule has 4 aromatic rings. The van der Waals surface area contributed by atoms with Crippen molar-refractivity contribution in [2.75, 3.05) is 54.9 Å². The number of para-hydroxylation sites is 1. The number of anilines is 5. The van der Waals surface area contributed by atoms with Crippen molar-refractivity contribution in [1.82, 2.24) is 25.1 Å². The molecule has 2 saturated heterocycles. The SMILES string of the molecule is Cc1cccc(C)c1Nc1nn(CC2CCOCC2)c2nc(Nc3ccc(N4CCNCC4)cc3)ncc12. The van der Waals surface area contributed by atoms with Crippen molar-refractivity contribution < 1.29 is 4.74 Å². The zero-order valence-electron chi connectivity index (χ0n) is 22.2. The number of fused-ring (bicyclic) bond motifs is 1. The second kappa shape index (κ2) is 11.0. The molecule has 0 aliphatic carbocycles. The van der Waals surface area contributed by atoms with Gasteiger partial charge in [-0.25, -0.2) is 9.67 Å². The number of aromatic nitrogens is 4. The minimum absolute atomic E-state index is 0.517. The molecule has 9 heteroatoms. The molecule has 0 radical (unpaired) electrons. The van der Waals surface area contributed by atoms with Gasteiger partial charge in [0.15, 0.2) is 11.5 Å². The van der Waals surface area contributed by atoms with Crippen LogP contribution in [-0.2, 0) is 11.3 Å². The van der Waals surface area contributed by atoms with Gasteiger partial charge in [-0.1, -0.05) is 18.2 Å². The molecule has 0 bridgehead atoms. The Balaban J connectivity index is 1.29. The third-order valence-corrected chi connectivity index (χ3v) is 7.59. The summed E-state index contributed by atoms with van der Waals surface area (Å²) in [4.78, 5) is 12.0. The first-order chi connectivity index (χ1) is 18.6. The van der Waals surface area contributed by atoms with Crippen molar-refractivity contribution in [3.05, 3.63) is 59.8 Å². The van der Waals surface area contributed by atoms with Crippen LogP contribution >= 0.6 is 0 Å². The Morgan fingerprint density at radius 2 is 1.71 bits per heavy atom. The van der Waals surface area contributed by atoms with Crippen LogP contribution in [0.4, 0.5) is 28.8 Å². The van der Waals surface area contributed by atoms with E-state index >= 15 is 0 Å². The Morgan fingerprint density at radius 3 is 2.45 bits per heavy atom. The van der Waals surface area contributed by atoms with Crippen molar-refractivity contribution >= 4 is 39.9 Å². The highest BCUT2D eigenvalue weighted by Gasteiger charge is 2.20. The molecular formula is C29H36N8O. The number of hydrogen-bond acceptors (Lipinski definition) is 8. The first-order valence-corrected chi connectivity index (χ1v) is 13.6. The van der Waals surface area contributed by atoms with Gasteiger partial charge in [0.05, 0.1) is 5.39 Å². The highest BCUT2D eigenvalue weighted by Crippen LogP contribution is 2.30. The van der Waals surface area contributed by atoms with E-state index in [9.17, 15) is 0 Å². The molecule has 0 saturated carbocycles. The van der Waals surface area contributed by atoms with Crippen molar-refractivity contribution in [2.24, 2.45) is 5.92 Å². The van der Waals surface area contributed by atoms with E-state index in [1.54, 1.807) is 0 Å². The Bertz CT molecular complexity index is 1370. The number of aryl methyl sites for hydroxylation is 2. The lowest BCUT2D eigenvalue weighted by atomic mass is 10.0. The van der Waals surface area contributed by atoms with E-state index in [0.717, 1.165) is 87.0 Å². The first-order valence-electron chi connectivity index (χ1n) is 13.6. The maximum absolute atomic E-state index is 5.58. The van der Waals surface area contributed by atoms with Crippen LogP contribution in [0.1, 0.15) is 24.0 Å². The van der Waals surface area contributed by atoms with Crippen LogP contribution in [0.2, 0.25) is 0 Å². The van der Waals surface area contributed by atoms with E-state index in [2.05, 4.69) is 82.1 Å². The van der Waals surface area contributed by atoms with Gasteiger partial charge in [-0.15, -0.1) is 0 Å². The Kier molecular flexibility index (Phi) is 7.11. The van der Waals surface area contributed by atoms with Gasteiger partial charge >= 0.3 is 0 Å². The predicted molar refractivity (Wildman–Crippen MR) is 153 cm³/mol. The maximum atomic E-state index is 5.58. The minimum atomic E-state index is 0.517. The van der Waals surface area contributed by atoms with Crippen LogP contribution < -0.4 is 20.9 Å². The van der Waals surface area contributed by atoms with Gasteiger partial charge in [0.2, 0.25) is 5.95 Å². The molecule has 38 heavy (non-hydrogen) atoms. The number of hydrogen-bond donors (Lipinski definition) is 3. The summed E-state index contributed by atoms with van der Waals surface area (Å²) in [6.07, 6.45) is 3.95. The van der Waals surface area contributed by atoms with E-state index in [0.29, 0.717) is 11.9 Å². The molecule has 2 fully saturated rings. The summed E-state index contributed by atoms with van der Waals surface area (Å²) in [5, 5.41) is 16.3. The zero-order valence-corrected chi connectivity index (χ0v) is 22.2. The third kappa shape index (κ3) is 5.30. The normalized spacial score (nSPS) is 16.6. The second-order valence-electron chi connectivity index (χ2n) is 10.3. The van der Waals surface area contributed by atoms with Crippen LogP contribution in [0, 0.1) is 19.8 Å². The summed E-state index contributed by atoms with van der Waals surface area (Å²) in [6, 6.07) is 14.8. The third-order valence-electron chi connectivity index (χ3n) is 7.59. The maximum Gasteiger partial charge on any atom is 0.229 e. The standard InChI is InChI=1S/C29H36N8O/c1-20-4-3-5-21(2)26(20)33-27-25-18-31-29(34-28(25)37(35-27)19-22-10-16-38-17-11-22)32-23-6-8-24(9-7-23)36-14-12-30-13-15-36/h3-9,18,22,30H,10-17,19H2,1-2H3,(H,33,35)(H,31,32,34). The Hall–Kier alpha value is -3.69. The molecule has 2 aromatic carbocycles. The van der Waals surface area contributed by atoms with Crippen LogP contribution in [0.5, 0.6) is 0 Å². The number of benzene rings is 2. The van der Waals surface area contributed by atoms with Crippen molar-refractivity contribution in [3.63, 3.8) is 0 Å². The van der Waals surface area contributed by atoms with Crippen LogP contribution in [0.15, 0.2) is 48.7 Å². The molecular weight excluding hydrogens is 476 g/mol. The molecule has 2 aliphatic heterocycles. The molecule has 0 amide bonds. The molecule has 4 heterocycles. The van der Waals surface area contributed by atoms with Gasteiger partial charge in [0, 0.05) is 69.2 Å². The topological polar surface area (TPSA) is 92.2 Å². The minimum Gasteiger partial charge on any atom is -0.381 e. The molecule has 6 rings (SSSR count). The molecule has 9 nitrogen and oxygen atoms in total. The van der Waals surface area contributed by atoms with Gasteiger partial charge in [0.25, 0.3) is 0 Å². The fraction of sp³-hybridized carbons (Fsp3) is 0.414.